The van der Waals surface area contributed by atoms with E-state index in [1.54, 1.807) is 6.07 Å². The lowest BCUT2D eigenvalue weighted by Crippen LogP contribution is -2.61. The van der Waals surface area contributed by atoms with Gasteiger partial charge in [0.1, 0.15) is 30.5 Å². The van der Waals surface area contributed by atoms with Crippen LogP contribution in [0.4, 0.5) is 17.6 Å². The molecular formula is C49H76F4N2O9. The van der Waals surface area contributed by atoms with Crippen LogP contribution in [0.25, 0.3) is 0 Å². The van der Waals surface area contributed by atoms with Gasteiger partial charge in [-0.05, 0) is 61.1 Å². The predicted molar refractivity (Wildman–Crippen MR) is 237 cm³/mol. The lowest BCUT2D eigenvalue weighted by atomic mass is 9.98. The Bertz CT molecular complexity index is 1610. The van der Waals surface area contributed by atoms with Crippen LogP contribution in [0.5, 0.6) is 0 Å². The van der Waals surface area contributed by atoms with Crippen molar-refractivity contribution in [3.8, 4) is 0 Å². The van der Waals surface area contributed by atoms with Gasteiger partial charge in [0.05, 0.1) is 25.2 Å². The van der Waals surface area contributed by atoms with Crippen molar-refractivity contribution in [3.63, 3.8) is 0 Å². The number of amides is 2. The molecule has 0 bridgehead atoms. The van der Waals surface area contributed by atoms with Crippen molar-refractivity contribution in [1.29, 1.82) is 0 Å². The van der Waals surface area contributed by atoms with E-state index >= 15 is 0 Å². The Morgan fingerprint density at radius 2 is 1.16 bits per heavy atom. The molecule has 1 heterocycles. The summed E-state index contributed by atoms with van der Waals surface area (Å²) in [5, 5.41) is 59.6. The topological polar surface area (TPSA) is 178 Å². The van der Waals surface area contributed by atoms with E-state index in [0.717, 1.165) is 88.0 Å². The number of halogens is 4. The van der Waals surface area contributed by atoms with Gasteiger partial charge in [0, 0.05) is 13.0 Å². The first-order valence-electron chi connectivity index (χ1n) is 23.9. The summed E-state index contributed by atoms with van der Waals surface area (Å²) < 4.78 is 65.1. The Balaban J connectivity index is 1.46. The van der Waals surface area contributed by atoms with Gasteiger partial charge in [-0.3, -0.25) is 9.59 Å². The fraction of sp³-hybridized carbons (Fsp3) is 0.714. The number of hydrogen-bond acceptors (Lipinski definition) is 9. The summed E-state index contributed by atoms with van der Waals surface area (Å²) in [5.74, 6) is -4.82. The smallest absolute Gasteiger partial charge is 0.224 e. The van der Waals surface area contributed by atoms with Gasteiger partial charge in [0.25, 0.3) is 0 Å². The molecule has 7 N–H and O–H groups in total. The fourth-order valence-electron chi connectivity index (χ4n) is 8.04. The third kappa shape index (κ3) is 21.4. The van der Waals surface area contributed by atoms with Crippen molar-refractivity contribution in [2.75, 3.05) is 13.2 Å². The first kappa shape index (κ1) is 55.1. The van der Waals surface area contributed by atoms with Crippen molar-refractivity contribution in [2.45, 2.75) is 210 Å². The summed E-state index contributed by atoms with van der Waals surface area (Å²) in [5.41, 5.74) is 0.981. The molecule has 1 fully saturated rings. The highest BCUT2D eigenvalue weighted by Gasteiger charge is 2.45. The van der Waals surface area contributed by atoms with E-state index in [1.165, 1.54) is 63.5 Å². The van der Waals surface area contributed by atoms with Gasteiger partial charge >= 0.3 is 0 Å². The molecule has 0 aromatic heterocycles. The summed E-state index contributed by atoms with van der Waals surface area (Å²) in [4.78, 5) is 25.7. The van der Waals surface area contributed by atoms with Crippen LogP contribution in [-0.4, -0.2) is 99.5 Å². The van der Waals surface area contributed by atoms with Gasteiger partial charge in [0.2, 0.25) is 11.8 Å². The first-order valence-corrected chi connectivity index (χ1v) is 23.9. The number of ether oxygens (including phenoxy) is 2. The van der Waals surface area contributed by atoms with Gasteiger partial charge in [-0.2, -0.15) is 0 Å². The molecule has 0 spiro atoms. The third-order valence-electron chi connectivity index (χ3n) is 12.1. The minimum atomic E-state index is -1.76. The molecule has 2 aromatic rings. The van der Waals surface area contributed by atoms with Crippen LogP contribution < -0.4 is 10.6 Å². The molecule has 3 rings (SSSR count). The van der Waals surface area contributed by atoms with E-state index in [4.69, 9.17) is 9.47 Å². The number of aryl methyl sites for hydroxylation is 1. The van der Waals surface area contributed by atoms with Crippen LogP contribution >= 0.6 is 0 Å². The van der Waals surface area contributed by atoms with Crippen molar-refractivity contribution in [3.05, 3.63) is 70.8 Å². The summed E-state index contributed by atoms with van der Waals surface area (Å²) in [6.45, 7) is 1.44. The van der Waals surface area contributed by atoms with Crippen molar-refractivity contribution in [2.24, 2.45) is 0 Å². The number of unbranched alkanes of at least 4 members (excludes halogenated alkanes) is 18. The SMILES string of the molecule is CCCCCCCCCCCCCC[C@@H](O)[C@@H](O)[C@H](CO[C@H]1OC(CNC(=O)Cc2ccc(F)c(F)c2)[C@H](O)[C@H](O)C1O)NC(=O)CCCCCCCCCCc1ccc(F)c(F)c1. The Labute approximate surface area is 377 Å². The van der Waals surface area contributed by atoms with Crippen LogP contribution in [-0.2, 0) is 31.9 Å². The number of carbonyl (C=O) groups excluding carboxylic acids is 2. The minimum Gasteiger partial charge on any atom is -0.390 e. The number of rotatable bonds is 34. The maximum absolute atomic E-state index is 13.6. The summed E-state index contributed by atoms with van der Waals surface area (Å²) in [6.07, 6.45) is 11.1. The van der Waals surface area contributed by atoms with E-state index < -0.39 is 84.7 Å². The molecule has 0 aliphatic carbocycles. The molecule has 0 saturated carbocycles. The Hall–Kier alpha value is -3.18. The number of carbonyl (C=O) groups is 2. The highest BCUT2D eigenvalue weighted by Crippen LogP contribution is 2.24. The number of aliphatic hydroxyl groups is 5. The van der Waals surface area contributed by atoms with Crippen LogP contribution in [0.15, 0.2) is 36.4 Å². The molecule has 2 aromatic carbocycles. The molecule has 364 valence electrons. The van der Waals surface area contributed by atoms with E-state index in [2.05, 4.69) is 17.6 Å². The lowest BCUT2D eigenvalue weighted by molar-refractivity contribution is -0.297. The summed E-state index contributed by atoms with van der Waals surface area (Å²) in [7, 11) is 0. The molecule has 1 aliphatic rings. The molecule has 64 heavy (non-hydrogen) atoms. The molecule has 8 atom stereocenters. The molecule has 15 heteroatoms. The zero-order valence-corrected chi connectivity index (χ0v) is 37.8. The van der Waals surface area contributed by atoms with Gasteiger partial charge < -0.3 is 45.6 Å². The quantitative estimate of drug-likeness (QED) is 0.0273. The maximum atomic E-state index is 13.6. The van der Waals surface area contributed by atoms with Crippen LogP contribution in [0.2, 0.25) is 0 Å². The molecular weight excluding hydrogens is 837 g/mol. The second-order valence-electron chi connectivity index (χ2n) is 17.6. The van der Waals surface area contributed by atoms with Crippen molar-refractivity contribution < 1.29 is 62.2 Å². The molecule has 2 amide bonds. The maximum Gasteiger partial charge on any atom is 0.224 e. The molecule has 11 nitrogen and oxygen atoms in total. The molecule has 0 radical (unpaired) electrons. The van der Waals surface area contributed by atoms with Gasteiger partial charge in [0.15, 0.2) is 29.6 Å². The van der Waals surface area contributed by atoms with E-state index in [9.17, 15) is 52.7 Å². The normalized spacial score (nSPS) is 20.2. The van der Waals surface area contributed by atoms with Crippen molar-refractivity contribution in [1.82, 2.24) is 10.6 Å². The highest BCUT2D eigenvalue weighted by molar-refractivity contribution is 5.78. The number of nitrogens with one attached hydrogen (secondary N) is 2. The fourth-order valence-corrected chi connectivity index (χ4v) is 8.04. The molecule has 1 aliphatic heterocycles. The van der Waals surface area contributed by atoms with E-state index in [0.29, 0.717) is 19.3 Å². The summed E-state index contributed by atoms with van der Waals surface area (Å²) in [6, 6.07) is 5.91. The van der Waals surface area contributed by atoms with Gasteiger partial charge in [-0.1, -0.05) is 135 Å². The Morgan fingerprint density at radius 1 is 0.641 bits per heavy atom. The largest absolute Gasteiger partial charge is 0.390 e. The Morgan fingerprint density at radius 3 is 1.73 bits per heavy atom. The second kappa shape index (κ2) is 31.7. The average Bonchev–Trinajstić information content (AvgIpc) is 3.27. The van der Waals surface area contributed by atoms with Gasteiger partial charge in [-0.15, -0.1) is 0 Å². The van der Waals surface area contributed by atoms with Crippen molar-refractivity contribution >= 4 is 11.8 Å². The third-order valence-corrected chi connectivity index (χ3v) is 12.1. The van der Waals surface area contributed by atoms with Gasteiger partial charge in [-0.25, -0.2) is 17.6 Å². The summed E-state index contributed by atoms with van der Waals surface area (Å²) >= 11 is 0. The first-order chi connectivity index (χ1) is 30.8. The Kier molecular flexibility index (Phi) is 27.3. The van der Waals surface area contributed by atoms with E-state index in [-0.39, 0.29) is 37.3 Å². The second-order valence-corrected chi connectivity index (χ2v) is 17.6. The monoisotopic (exact) mass is 913 g/mol. The minimum absolute atomic E-state index is 0.159. The molecule has 1 saturated heterocycles. The zero-order chi connectivity index (χ0) is 46.7. The van der Waals surface area contributed by atoms with E-state index in [1.807, 2.05) is 0 Å². The van der Waals surface area contributed by atoms with Crippen LogP contribution in [0, 0.1) is 23.3 Å². The number of benzene rings is 2. The highest BCUT2D eigenvalue weighted by atomic mass is 19.2. The van der Waals surface area contributed by atoms with Crippen LogP contribution in [0.1, 0.15) is 159 Å². The zero-order valence-electron chi connectivity index (χ0n) is 37.8. The number of aliphatic hydroxyl groups excluding tert-OH is 5. The molecule has 2 unspecified atom stereocenters. The lowest BCUT2D eigenvalue weighted by Gasteiger charge is -2.41. The standard InChI is InChI=1S/C49H76F4N2O9/c1-2-3-4-5-6-7-8-9-10-14-17-20-23-41(56)45(59)40(55-43(57)24-21-18-15-12-11-13-16-19-22-34-25-27-36(50)38(52)29-34)33-63-49-48(62)47(61)46(60)42(64-49)32-54-44(58)31-35-26-28-37(51)39(53)30-35/h25-30,40-42,45-49,56,59-62H,2-24,31-33H2,1H3,(H,54,58)(H,55,57)/t40-,41+,42?,45-,46-,47-,48?,49-/m0/s1. The predicted octanol–water partition coefficient (Wildman–Crippen LogP) is 7.78. The number of hydrogen-bond donors (Lipinski definition) is 7. The van der Waals surface area contributed by atoms with Crippen LogP contribution in [0.3, 0.4) is 0 Å². The average molecular weight is 913 g/mol.